The molecule has 0 radical (unpaired) electrons. The summed E-state index contributed by atoms with van der Waals surface area (Å²) in [6, 6.07) is 5.00. The van der Waals surface area contributed by atoms with Gasteiger partial charge in [0.25, 0.3) is 5.91 Å². The molecule has 0 atom stereocenters. The predicted molar refractivity (Wildman–Crippen MR) is 58.9 cm³/mol. The quantitative estimate of drug-likeness (QED) is 0.764. The molecule has 2 rings (SSSR count). The minimum atomic E-state index is -0.543. The zero-order valence-electron chi connectivity index (χ0n) is 8.93. The van der Waals surface area contributed by atoms with Crippen LogP contribution in [0.3, 0.4) is 0 Å². The zero-order chi connectivity index (χ0) is 11.5. The first-order valence-corrected chi connectivity index (χ1v) is 5.32. The van der Waals surface area contributed by atoms with Gasteiger partial charge in [0.15, 0.2) is 0 Å². The third kappa shape index (κ3) is 2.30. The maximum atomic E-state index is 10.9. The normalized spacial score (nSPS) is 23.6. The molecule has 1 aromatic rings. The molecule has 1 heterocycles. The molecule has 1 amide bonds. The fraction of sp³-hybridized carbons (Fsp3) is 0.455. The summed E-state index contributed by atoms with van der Waals surface area (Å²) in [5.74, 6) is 0.472. The van der Waals surface area contributed by atoms with Crippen molar-refractivity contribution in [2.75, 3.05) is 6.54 Å². The van der Waals surface area contributed by atoms with Crippen LogP contribution in [0.1, 0.15) is 23.3 Å². The first kappa shape index (κ1) is 10.9. The van der Waals surface area contributed by atoms with Crippen molar-refractivity contribution in [3.05, 3.63) is 23.9 Å². The summed E-state index contributed by atoms with van der Waals surface area (Å²) in [5.41, 5.74) is 10.9. The Kier molecular flexibility index (Phi) is 3.05. The fourth-order valence-corrected chi connectivity index (χ4v) is 1.75. The van der Waals surface area contributed by atoms with E-state index in [1.165, 1.54) is 0 Å². The third-order valence-corrected chi connectivity index (χ3v) is 2.79. The number of ether oxygens (including phenoxy) is 1. The van der Waals surface area contributed by atoms with Gasteiger partial charge in [-0.25, -0.2) is 4.98 Å². The summed E-state index contributed by atoms with van der Waals surface area (Å²) < 4.78 is 5.60. The molecule has 4 N–H and O–H groups in total. The Morgan fingerprint density at radius 1 is 1.50 bits per heavy atom. The maximum Gasteiger partial charge on any atom is 0.267 e. The van der Waals surface area contributed by atoms with Gasteiger partial charge >= 0.3 is 0 Å². The van der Waals surface area contributed by atoms with E-state index in [4.69, 9.17) is 16.2 Å². The molecular weight excluding hydrogens is 206 g/mol. The molecule has 0 saturated heterocycles. The molecule has 1 aliphatic carbocycles. The van der Waals surface area contributed by atoms with E-state index in [1.54, 1.807) is 18.2 Å². The number of primary amides is 1. The van der Waals surface area contributed by atoms with Gasteiger partial charge in [0.2, 0.25) is 5.88 Å². The van der Waals surface area contributed by atoms with E-state index in [9.17, 15) is 4.79 Å². The number of nitrogens with two attached hydrogens (primary N) is 2. The highest BCUT2D eigenvalue weighted by atomic mass is 16.5. The van der Waals surface area contributed by atoms with Crippen LogP contribution in [0.25, 0.3) is 0 Å². The van der Waals surface area contributed by atoms with Gasteiger partial charge in [-0.15, -0.1) is 0 Å². The van der Waals surface area contributed by atoms with Crippen LogP contribution in [0, 0.1) is 5.92 Å². The van der Waals surface area contributed by atoms with Gasteiger partial charge in [0.1, 0.15) is 11.8 Å². The van der Waals surface area contributed by atoms with Crippen molar-refractivity contribution in [1.82, 2.24) is 4.98 Å². The van der Waals surface area contributed by atoms with E-state index in [0.29, 0.717) is 18.3 Å². The fourth-order valence-electron chi connectivity index (χ4n) is 1.75. The average molecular weight is 221 g/mol. The van der Waals surface area contributed by atoms with Crippen LogP contribution in [0.2, 0.25) is 0 Å². The number of hydrogen-bond donors (Lipinski definition) is 2. The second kappa shape index (κ2) is 4.49. The Morgan fingerprint density at radius 3 is 2.88 bits per heavy atom. The maximum absolute atomic E-state index is 10.9. The summed E-state index contributed by atoms with van der Waals surface area (Å²) in [5, 5.41) is 0. The van der Waals surface area contributed by atoms with Crippen LogP contribution in [0.15, 0.2) is 18.2 Å². The Morgan fingerprint density at radius 2 is 2.25 bits per heavy atom. The SMILES string of the molecule is NCC1CC(Oc2cccc(C(N)=O)n2)C1. The summed E-state index contributed by atoms with van der Waals surface area (Å²) in [4.78, 5) is 14.9. The molecule has 1 saturated carbocycles. The van der Waals surface area contributed by atoms with Crippen molar-refractivity contribution in [3.8, 4) is 5.88 Å². The zero-order valence-corrected chi connectivity index (χ0v) is 8.93. The van der Waals surface area contributed by atoms with E-state index in [1.807, 2.05) is 0 Å². The summed E-state index contributed by atoms with van der Waals surface area (Å²) in [6.07, 6.45) is 2.09. The van der Waals surface area contributed by atoms with Crippen molar-refractivity contribution in [2.24, 2.45) is 17.4 Å². The Hall–Kier alpha value is -1.62. The van der Waals surface area contributed by atoms with E-state index in [-0.39, 0.29) is 11.8 Å². The van der Waals surface area contributed by atoms with Crippen LogP contribution in [0.5, 0.6) is 5.88 Å². The van der Waals surface area contributed by atoms with E-state index in [0.717, 1.165) is 12.8 Å². The van der Waals surface area contributed by atoms with Crippen molar-refractivity contribution in [3.63, 3.8) is 0 Å². The van der Waals surface area contributed by atoms with Gasteiger partial charge < -0.3 is 16.2 Å². The third-order valence-electron chi connectivity index (χ3n) is 2.79. The molecule has 1 aliphatic rings. The van der Waals surface area contributed by atoms with Crippen molar-refractivity contribution < 1.29 is 9.53 Å². The Bertz CT molecular complexity index is 389. The lowest BCUT2D eigenvalue weighted by Gasteiger charge is -2.34. The minimum absolute atomic E-state index is 0.171. The van der Waals surface area contributed by atoms with Crippen molar-refractivity contribution in [2.45, 2.75) is 18.9 Å². The van der Waals surface area contributed by atoms with Crippen molar-refractivity contribution >= 4 is 5.91 Å². The predicted octanol–water partition coefficient (Wildman–Crippen LogP) is 0.297. The Balaban J connectivity index is 1.95. The number of pyridine rings is 1. The number of hydrogen-bond acceptors (Lipinski definition) is 4. The second-order valence-corrected chi connectivity index (χ2v) is 4.04. The van der Waals surface area contributed by atoms with Gasteiger partial charge in [-0.1, -0.05) is 6.07 Å². The topological polar surface area (TPSA) is 91.2 Å². The lowest BCUT2D eigenvalue weighted by Crippen LogP contribution is -2.38. The molecule has 0 aromatic carbocycles. The average Bonchev–Trinajstić information content (AvgIpc) is 2.23. The summed E-state index contributed by atoms with van der Waals surface area (Å²) in [6.45, 7) is 0.703. The summed E-state index contributed by atoms with van der Waals surface area (Å²) in [7, 11) is 0. The first-order valence-electron chi connectivity index (χ1n) is 5.32. The number of carbonyl (C=O) groups is 1. The van der Waals surface area contributed by atoms with Crippen molar-refractivity contribution in [1.29, 1.82) is 0 Å². The molecule has 5 heteroatoms. The largest absolute Gasteiger partial charge is 0.474 e. The van der Waals surface area contributed by atoms with Crippen LogP contribution in [-0.2, 0) is 0 Å². The van der Waals surface area contributed by atoms with Gasteiger partial charge in [-0.2, -0.15) is 0 Å². The molecular formula is C11H15N3O2. The molecule has 0 spiro atoms. The van der Waals surface area contributed by atoms with Gasteiger partial charge in [-0.3, -0.25) is 4.79 Å². The van der Waals surface area contributed by atoms with Crippen LogP contribution >= 0.6 is 0 Å². The minimum Gasteiger partial charge on any atom is -0.474 e. The molecule has 0 unspecified atom stereocenters. The highest BCUT2D eigenvalue weighted by Crippen LogP contribution is 2.29. The molecule has 1 fully saturated rings. The lowest BCUT2D eigenvalue weighted by molar-refractivity contribution is 0.0644. The number of carbonyl (C=O) groups excluding carboxylic acids is 1. The summed E-state index contributed by atoms with van der Waals surface area (Å²) >= 11 is 0. The molecule has 5 nitrogen and oxygen atoms in total. The first-order chi connectivity index (χ1) is 7.69. The van der Waals surface area contributed by atoms with E-state index >= 15 is 0 Å². The highest BCUT2D eigenvalue weighted by molar-refractivity contribution is 5.90. The van der Waals surface area contributed by atoms with Crippen LogP contribution in [-0.4, -0.2) is 23.5 Å². The number of aromatic nitrogens is 1. The van der Waals surface area contributed by atoms with E-state index in [2.05, 4.69) is 4.98 Å². The number of amides is 1. The standard InChI is InChI=1S/C11H15N3O2/c12-6-7-4-8(5-7)16-10-3-1-2-9(14-10)11(13)15/h1-3,7-8H,4-6,12H2,(H2,13,15). The Labute approximate surface area is 93.8 Å². The smallest absolute Gasteiger partial charge is 0.267 e. The van der Waals surface area contributed by atoms with Crippen LogP contribution in [0.4, 0.5) is 0 Å². The van der Waals surface area contributed by atoms with E-state index < -0.39 is 5.91 Å². The number of nitrogens with zero attached hydrogens (tertiary/aromatic N) is 1. The van der Waals surface area contributed by atoms with Gasteiger partial charge in [-0.05, 0) is 31.4 Å². The molecule has 0 bridgehead atoms. The molecule has 86 valence electrons. The second-order valence-electron chi connectivity index (χ2n) is 4.04. The lowest BCUT2D eigenvalue weighted by atomic mass is 9.82. The van der Waals surface area contributed by atoms with Crippen LogP contribution < -0.4 is 16.2 Å². The molecule has 1 aromatic heterocycles. The monoisotopic (exact) mass is 221 g/mol. The number of rotatable bonds is 4. The molecule has 16 heavy (non-hydrogen) atoms. The van der Waals surface area contributed by atoms with Gasteiger partial charge in [0, 0.05) is 6.07 Å². The van der Waals surface area contributed by atoms with Gasteiger partial charge in [0.05, 0.1) is 0 Å². The highest BCUT2D eigenvalue weighted by Gasteiger charge is 2.29. The molecule has 0 aliphatic heterocycles.